The number of esters is 1. The number of ether oxygens (including phenoxy) is 1. The fourth-order valence-electron chi connectivity index (χ4n) is 4.96. The summed E-state index contributed by atoms with van der Waals surface area (Å²) >= 11 is 0. The molecule has 1 aliphatic heterocycles. The number of terminal acetylenes is 1. The smallest absolute Gasteiger partial charge is 0.339 e. The monoisotopic (exact) mass is 503 g/mol. The molecule has 6 heteroatoms. The van der Waals surface area contributed by atoms with Crippen LogP contribution in [0.1, 0.15) is 38.3 Å². The minimum absolute atomic E-state index is 0.0514. The zero-order valence-electron chi connectivity index (χ0n) is 21.1. The van der Waals surface area contributed by atoms with Gasteiger partial charge in [-0.25, -0.2) is 4.79 Å². The first-order valence-electron chi connectivity index (χ1n) is 12.7. The number of nitrogens with one attached hydrogen (secondary N) is 1. The van der Waals surface area contributed by atoms with Crippen molar-refractivity contribution in [1.29, 1.82) is 0 Å². The number of hydrogen-bond acceptors (Lipinski definition) is 6. The highest BCUT2D eigenvalue weighted by Gasteiger charge is 2.23. The first kappa shape index (κ1) is 25.2. The summed E-state index contributed by atoms with van der Waals surface area (Å²) < 4.78 is 4.97. The third-order valence-electron chi connectivity index (χ3n) is 6.78. The number of likely N-dealkylation sites (tertiary alicyclic amines) is 1. The summed E-state index contributed by atoms with van der Waals surface area (Å²) in [4.78, 5) is 31.7. The molecule has 0 spiro atoms. The van der Waals surface area contributed by atoms with Crippen molar-refractivity contribution in [3.63, 3.8) is 0 Å². The van der Waals surface area contributed by atoms with Crippen LogP contribution in [0.4, 0.5) is 5.69 Å². The summed E-state index contributed by atoms with van der Waals surface area (Å²) in [7, 11) is 0. The van der Waals surface area contributed by atoms with Crippen molar-refractivity contribution in [2.24, 2.45) is 0 Å². The third-order valence-corrected chi connectivity index (χ3v) is 6.78. The van der Waals surface area contributed by atoms with E-state index in [2.05, 4.69) is 57.5 Å². The Balaban J connectivity index is 1.18. The quantitative estimate of drug-likeness (QED) is 0.194. The molecule has 1 atom stereocenters. The molecule has 1 fully saturated rings. The lowest BCUT2D eigenvalue weighted by Gasteiger charge is -2.18. The van der Waals surface area contributed by atoms with Gasteiger partial charge in [-0.2, -0.15) is 0 Å². The van der Waals surface area contributed by atoms with E-state index in [0.29, 0.717) is 17.2 Å². The molecule has 1 aromatic heterocycles. The molecule has 0 saturated carbocycles. The van der Waals surface area contributed by atoms with Gasteiger partial charge in [0, 0.05) is 66.5 Å². The van der Waals surface area contributed by atoms with Crippen molar-refractivity contribution in [2.75, 3.05) is 25.0 Å². The van der Waals surface area contributed by atoms with E-state index in [1.807, 2.05) is 24.5 Å². The highest BCUT2D eigenvalue weighted by molar-refractivity contribution is 6.00. The van der Waals surface area contributed by atoms with E-state index in [4.69, 9.17) is 11.2 Å². The van der Waals surface area contributed by atoms with E-state index in [1.165, 1.54) is 10.9 Å². The molecule has 1 unspecified atom stereocenters. The first-order valence-corrected chi connectivity index (χ1v) is 12.7. The van der Waals surface area contributed by atoms with Crippen molar-refractivity contribution >= 4 is 28.2 Å². The maximum atomic E-state index is 13.0. The van der Waals surface area contributed by atoms with Crippen molar-refractivity contribution in [1.82, 2.24) is 9.88 Å². The zero-order chi connectivity index (χ0) is 26.3. The molecule has 4 aromatic rings. The van der Waals surface area contributed by atoms with Gasteiger partial charge in [-0.05, 0) is 41.8 Å². The number of rotatable bonds is 9. The first-order chi connectivity index (χ1) is 18.6. The van der Waals surface area contributed by atoms with Gasteiger partial charge in [-0.3, -0.25) is 14.7 Å². The molecule has 38 heavy (non-hydrogen) atoms. The van der Waals surface area contributed by atoms with Crippen LogP contribution in [0.5, 0.6) is 0 Å². The average molecular weight is 504 g/mol. The number of ketones is 1. The molecular formula is C32H29N3O3. The van der Waals surface area contributed by atoms with Gasteiger partial charge >= 0.3 is 5.97 Å². The molecule has 6 nitrogen and oxygen atoms in total. The Morgan fingerprint density at radius 2 is 1.84 bits per heavy atom. The number of hydrogen-bond donors (Lipinski definition) is 1. The van der Waals surface area contributed by atoms with Gasteiger partial charge < -0.3 is 10.1 Å². The van der Waals surface area contributed by atoms with Gasteiger partial charge in [-0.15, -0.1) is 6.42 Å². The summed E-state index contributed by atoms with van der Waals surface area (Å²) in [6.07, 6.45) is 10.2. The topological polar surface area (TPSA) is 71.5 Å². The maximum absolute atomic E-state index is 13.0. The van der Waals surface area contributed by atoms with E-state index in [1.54, 1.807) is 24.3 Å². The normalized spacial score (nSPS) is 15.2. The van der Waals surface area contributed by atoms with Crippen molar-refractivity contribution in [3.05, 3.63) is 107 Å². The number of fused-ring (bicyclic) bond motifs is 1. The van der Waals surface area contributed by atoms with Crippen LogP contribution < -0.4 is 5.32 Å². The van der Waals surface area contributed by atoms with Gasteiger partial charge in [0.15, 0.2) is 12.4 Å². The number of Topliss-reactive ketones (excluding diaryl/α,β-unsaturated/α-hetero) is 1. The minimum Gasteiger partial charge on any atom is -0.449 e. The molecule has 2 heterocycles. The third kappa shape index (κ3) is 6.08. The van der Waals surface area contributed by atoms with Crippen LogP contribution in [0.2, 0.25) is 0 Å². The Labute approximate surface area is 222 Å². The molecule has 3 aromatic carbocycles. The molecule has 1 saturated heterocycles. The van der Waals surface area contributed by atoms with Crippen molar-refractivity contribution in [3.8, 4) is 12.3 Å². The van der Waals surface area contributed by atoms with E-state index in [-0.39, 0.29) is 18.8 Å². The summed E-state index contributed by atoms with van der Waals surface area (Å²) in [5.74, 6) is 1.69. The SMILES string of the molecule is C#CCOC(=O)c1cccc(C(=O)Cc2cccc(CN3CCC(Nc4cccc5cnccc45)C3)c2)c1. The van der Waals surface area contributed by atoms with Crippen LogP contribution >= 0.6 is 0 Å². The molecule has 190 valence electrons. The summed E-state index contributed by atoms with van der Waals surface area (Å²) in [5.41, 5.74) is 4.07. The lowest BCUT2D eigenvalue weighted by atomic mass is 10.00. The Kier molecular flexibility index (Phi) is 7.77. The number of carbonyl (C=O) groups excluding carboxylic acids is 2. The molecule has 1 N–H and O–H groups in total. The van der Waals surface area contributed by atoms with Gasteiger partial charge in [0.05, 0.1) is 5.56 Å². The van der Waals surface area contributed by atoms with Gasteiger partial charge in [0.2, 0.25) is 0 Å². The zero-order valence-corrected chi connectivity index (χ0v) is 21.1. The summed E-state index contributed by atoms with van der Waals surface area (Å²) in [6, 6.07) is 23.5. The largest absolute Gasteiger partial charge is 0.449 e. The fraction of sp³-hybridized carbons (Fsp3) is 0.219. The lowest BCUT2D eigenvalue weighted by molar-refractivity contribution is 0.0556. The highest BCUT2D eigenvalue weighted by Crippen LogP contribution is 2.25. The maximum Gasteiger partial charge on any atom is 0.339 e. The van der Waals surface area contributed by atoms with E-state index < -0.39 is 5.97 Å². The molecule has 1 aliphatic rings. The van der Waals surface area contributed by atoms with Gasteiger partial charge in [-0.1, -0.05) is 54.5 Å². The number of benzene rings is 3. The van der Waals surface area contributed by atoms with E-state index in [0.717, 1.165) is 42.7 Å². The highest BCUT2D eigenvalue weighted by atomic mass is 16.5. The minimum atomic E-state index is -0.532. The van der Waals surface area contributed by atoms with Crippen LogP contribution in [0, 0.1) is 12.3 Å². The molecule has 0 amide bonds. The van der Waals surface area contributed by atoms with Gasteiger partial charge in [0.1, 0.15) is 0 Å². The molecule has 0 aliphatic carbocycles. The molecule has 0 radical (unpaired) electrons. The van der Waals surface area contributed by atoms with Crippen LogP contribution in [-0.4, -0.2) is 47.4 Å². The van der Waals surface area contributed by atoms with E-state index in [9.17, 15) is 9.59 Å². The number of anilines is 1. The number of carbonyl (C=O) groups is 2. The second-order valence-corrected chi connectivity index (χ2v) is 9.55. The average Bonchev–Trinajstić information content (AvgIpc) is 3.38. The summed E-state index contributed by atoms with van der Waals surface area (Å²) in [5, 5.41) is 6.04. The number of nitrogens with zero attached hydrogens (tertiary/aromatic N) is 2. The number of aromatic nitrogens is 1. The lowest BCUT2D eigenvalue weighted by Crippen LogP contribution is -2.26. The van der Waals surface area contributed by atoms with Crippen LogP contribution in [-0.2, 0) is 17.7 Å². The van der Waals surface area contributed by atoms with Crippen LogP contribution in [0.25, 0.3) is 10.8 Å². The predicted octanol–water partition coefficient (Wildman–Crippen LogP) is 5.14. The second-order valence-electron chi connectivity index (χ2n) is 9.55. The van der Waals surface area contributed by atoms with Crippen molar-refractivity contribution in [2.45, 2.75) is 25.4 Å². The van der Waals surface area contributed by atoms with Crippen LogP contribution in [0.15, 0.2) is 85.2 Å². The predicted molar refractivity (Wildman–Crippen MR) is 149 cm³/mol. The summed E-state index contributed by atoms with van der Waals surface area (Å²) in [6.45, 7) is 2.69. The standard InChI is InChI=1S/C32H29N3O3/c1-2-16-38-32(37)26-9-4-8-25(19-26)31(36)18-23-6-3-7-24(17-23)21-35-15-13-28(22-35)34-30-11-5-10-27-20-33-14-12-29(27)30/h1,3-12,14,17,19-20,28,34H,13,15-16,18,21-22H2. The Hall–Kier alpha value is -4.47. The second kappa shape index (κ2) is 11.7. The van der Waals surface area contributed by atoms with E-state index >= 15 is 0 Å². The number of pyridine rings is 1. The van der Waals surface area contributed by atoms with Gasteiger partial charge in [0.25, 0.3) is 0 Å². The molecule has 5 rings (SSSR count). The Morgan fingerprint density at radius 3 is 2.74 bits per heavy atom. The molecule has 0 bridgehead atoms. The fourth-order valence-corrected chi connectivity index (χ4v) is 4.96. The van der Waals surface area contributed by atoms with Crippen LogP contribution in [0.3, 0.4) is 0 Å². The Bertz CT molecular complexity index is 1500. The Morgan fingerprint density at radius 1 is 1.03 bits per heavy atom. The molecular weight excluding hydrogens is 474 g/mol. The van der Waals surface area contributed by atoms with Crippen molar-refractivity contribution < 1.29 is 14.3 Å².